The second-order valence-electron chi connectivity index (χ2n) is 7.14. The lowest BCUT2D eigenvalue weighted by Crippen LogP contribution is -2.51. The van der Waals surface area contributed by atoms with Crippen LogP contribution in [0.2, 0.25) is 0 Å². The SMILES string of the molecule is CC(C)(C)OC(=O)N1CCOC[C@H]1Cc1cccc(-c2nccs2)c1. The first-order valence-electron chi connectivity index (χ1n) is 8.48. The molecule has 3 rings (SSSR count). The molecule has 0 saturated carbocycles. The Hall–Kier alpha value is -1.92. The Kier molecular flexibility index (Phi) is 5.39. The van der Waals surface area contributed by atoms with Crippen molar-refractivity contribution in [3.05, 3.63) is 41.4 Å². The number of aromatic nitrogens is 1. The molecule has 5 nitrogen and oxygen atoms in total. The normalized spacial score (nSPS) is 18.2. The van der Waals surface area contributed by atoms with Crippen LogP contribution in [0.25, 0.3) is 10.6 Å². The number of ether oxygens (including phenoxy) is 2. The summed E-state index contributed by atoms with van der Waals surface area (Å²) in [7, 11) is 0. The van der Waals surface area contributed by atoms with Gasteiger partial charge in [0.05, 0.1) is 19.3 Å². The highest BCUT2D eigenvalue weighted by Gasteiger charge is 2.31. The number of carbonyl (C=O) groups is 1. The smallest absolute Gasteiger partial charge is 0.410 e. The van der Waals surface area contributed by atoms with E-state index in [0.29, 0.717) is 19.8 Å². The molecule has 0 N–H and O–H groups in total. The summed E-state index contributed by atoms with van der Waals surface area (Å²) in [6.07, 6.45) is 2.28. The van der Waals surface area contributed by atoms with Gasteiger partial charge in [0.2, 0.25) is 0 Å². The molecule has 1 aliphatic rings. The topological polar surface area (TPSA) is 51.7 Å². The molecule has 1 fully saturated rings. The van der Waals surface area contributed by atoms with Crippen molar-refractivity contribution >= 4 is 17.4 Å². The number of thiazole rings is 1. The fraction of sp³-hybridized carbons (Fsp3) is 0.474. The fourth-order valence-electron chi connectivity index (χ4n) is 2.85. The van der Waals surface area contributed by atoms with E-state index >= 15 is 0 Å². The Labute approximate surface area is 152 Å². The third-order valence-corrected chi connectivity index (χ3v) is 4.76. The molecule has 0 radical (unpaired) electrons. The molecule has 6 heteroatoms. The van der Waals surface area contributed by atoms with Gasteiger partial charge in [0.25, 0.3) is 0 Å². The van der Waals surface area contributed by atoms with Crippen molar-refractivity contribution in [2.45, 2.75) is 38.8 Å². The molecule has 1 aliphatic heterocycles. The fourth-order valence-corrected chi connectivity index (χ4v) is 3.49. The third kappa shape index (κ3) is 4.80. The highest BCUT2D eigenvalue weighted by atomic mass is 32.1. The number of benzene rings is 1. The van der Waals surface area contributed by atoms with Gasteiger partial charge in [-0.1, -0.05) is 18.2 Å². The summed E-state index contributed by atoms with van der Waals surface area (Å²) >= 11 is 1.62. The van der Waals surface area contributed by atoms with E-state index in [-0.39, 0.29) is 12.1 Å². The molecule has 0 unspecified atom stereocenters. The van der Waals surface area contributed by atoms with Crippen LogP contribution in [0.3, 0.4) is 0 Å². The van der Waals surface area contributed by atoms with E-state index in [1.165, 1.54) is 0 Å². The van der Waals surface area contributed by atoms with Crippen LogP contribution in [0.15, 0.2) is 35.8 Å². The van der Waals surface area contributed by atoms with Crippen molar-refractivity contribution in [2.24, 2.45) is 0 Å². The average Bonchev–Trinajstić information content (AvgIpc) is 3.08. The summed E-state index contributed by atoms with van der Waals surface area (Å²) in [6, 6.07) is 8.30. The van der Waals surface area contributed by atoms with Gasteiger partial charge in [-0.15, -0.1) is 11.3 Å². The van der Waals surface area contributed by atoms with Gasteiger partial charge in [-0.2, -0.15) is 0 Å². The van der Waals surface area contributed by atoms with Crippen LogP contribution in [-0.2, 0) is 15.9 Å². The lowest BCUT2D eigenvalue weighted by atomic mass is 10.0. The van der Waals surface area contributed by atoms with Crippen LogP contribution in [0.5, 0.6) is 0 Å². The van der Waals surface area contributed by atoms with Crippen molar-refractivity contribution in [1.29, 1.82) is 0 Å². The first-order chi connectivity index (χ1) is 11.9. The van der Waals surface area contributed by atoms with Gasteiger partial charge in [0.1, 0.15) is 10.6 Å². The van der Waals surface area contributed by atoms with Crippen LogP contribution in [0.1, 0.15) is 26.3 Å². The van der Waals surface area contributed by atoms with Crippen LogP contribution in [0, 0.1) is 0 Å². The van der Waals surface area contributed by atoms with Crippen LogP contribution >= 0.6 is 11.3 Å². The largest absolute Gasteiger partial charge is 0.444 e. The second kappa shape index (κ2) is 7.54. The van der Waals surface area contributed by atoms with Gasteiger partial charge in [-0.3, -0.25) is 0 Å². The van der Waals surface area contributed by atoms with Crippen LogP contribution in [-0.4, -0.2) is 47.4 Å². The molecule has 2 heterocycles. The first-order valence-corrected chi connectivity index (χ1v) is 9.36. The van der Waals surface area contributed by atoms with E-state index in [0.717, 1.165) is 22.6 Å². The van der Waals surface area contributed by atoms with E-state index < -0.39 is 5.60 Å². The summed E-state index contributed by atoms with van der Waals surface area (Å²) < 4.78 is 11.2. The molecule has 25 heavy (non-hydrogen) atoms. The maximum Gasteiger partial charge on any atom is 0.410 e. The molecule has 0 aliphatic carbocycles. The number of morpholine rings is 1. The molecular weight excluding hydrogens is 336 g/mol. The Morgan fingerprint density at radius 1 is 1.44 bits per heavy atom. The lowest BCUT2D eigenvalue weighted by Gasteiger charge is -2.36. The molecule has 1 saturated heterocycles. The average molecular weight is 360 g/mol. The van der Waals surface area contributed by atoms with Gasteiger partial charge in [0.15, 0.2) is 0 Å². The highest BCUT2D eigenvalue weighted by Crippen LogP contribution is 2.24. The number of hydrogen-bond acceptors (Lipinski definition) is 5. The molecule has 0 bridgehead atoms. The van der Waals surface area contributed by atoms with Gasteiger partial charge in [-0.05, 0) is 38.8 Å². The highest BCUT2D eigenvalue weighted by molar-refractivity contribution is 7.13. The summed E-state index contributed by atoms with van der Waals surface area (Å²) in [4.78, 5) is 18.7. The predicted octanol–water partition coefficient (Wildman–Crippen LogP) is 3.99. The Balaban J connectivity index is 1.73. The maximum absolute atomic E-state index is 12.5. The second-order valence-corrected chi connectivity index (χ2v) is 8.04. The van der Waals surface area contributed by atoms with E-state index in [4.69, 9.17) is 9.47 Å². The van der Waals surface area contributed by atoms with Crippen molar-refractivity contribution < 1.29 is 14.3 Å². The van der Waals surface area contributed by atoms with Crippen LogP contribution in [0.4, 0.5) is 4.79 Å². The number of nitrogens with zero attached hydrogens (tertiary/aromatic N) is 2. The van der Waals surface area contributed by atoms with Crippen molar-refractivity contribution in [3.8, 4) is 10.6 Å². The minimum Gasteiger partial charge on any atom is -0.444 e. The maximum atomic E-state index is 12.5. The Morgan fingerprint density at radius 3 is 3.00 bits per heavy atom. The quantitative estimate of drug-likeness (QED) is 0.830. The zero-order valence-corrected chi connectivity index (χ0v) is 15.7. The molecular formula is C19H24N2O3S. The monoisotopic (exact) mass is 360 g/mol. The number of rotatable bonds is 3. The molecule has 0 spiro atoms. The van der Waals surface area contributed by atoms with Crippen molar-refractivity contribution in [1.82, 2.24) is 9.88 Å². The Bertz CT molecular complexity index is 710. The number of amides is 1. The first kappa shape index (κ1) is 17.9. The Morgan fingerprint density at radius 2 is 2.28 bits per heavy atom. The standard InChI is InChI=1S/C19H24N2O3S/c1-19(2,3)24-18(22)21-8-9-23-13-16(21)12-14-5-4-6-15(11-14)17-20-7-10-25-17/h4-7,10-11,16H,8-9,12-13H2,1-3H3/t16-/m1/s1. The van der Waals surface area contributed by atoms with Gasteiger partial charge in [0, 0.05) is 23.7 Å². The van der Waals surface area contributed by atoms with E-state index in [1.807, 2.05) is 38.4 Å². The predicted molar refractivity (Wildman–Crippen MR) is 98.8 cm³/mol. The molecule has 1 atom stereocenters. The minimum absolute atomic E-state index is 0.0184. The summed E-state index contributed by atoms with van der Waals surface area (Å²) in [5.74, 6) is 0. The van der Waals surface area contributed by atoms with Crippen LogP contribution < -0.4 is 0 Å². The van der Waals surface area contributed by atoms with Crippen molar-refractivity contribution in [2.75, 3.05) is 19.8 Å². The van der Waals surface area contributed by atoms with Gasteiger partial charge < -0.3 is 14.4 Å². The van der Waals surface area contributed by atoms with Gasteiger partial charge in [-0.25, -0.2) is 9.78 Å². The molecule has 2 aromatic rings. The minimum atomic E-state index is -0.495. The summed E-state index contributed by atoms with van der Waals surface area (Å²) in [5.41, 5.74) is 1.77. The molecule has 1 aromatic heterocycles. The zero-order chi connectivity index (χ0) is 17.9. The lowest BCUT2D eigenvalue weighted by molar-refractivity contribution is -0.0319. The van der Waals surface area contributed by atoms with E-state index in [2.05, 4.69) is 23.2 Å². The van der Waals surface area contributed by atoms with Crippen molar-refractivity contribution in [3.63, 3.8) is 0 Å². The molecule has 134 valence electrons. The number of hydrogen-bond donors (Lipinski definition) is 0. The van der Waals surface area contributed by atoms with E-state index in [9.17, 15) is 4.79 Å². The third-order valence-electron chi connectivity index (χ3n) is 3.93. The molecule has 1 amide bonds. The number of carbonyl (C=O) groups excluding carboxylic acids is 1. The van der Waals surface area contributed by atoms with E-state index in [1.54, 1.807) is 16.2 Å². The van der Waals surface area contributed by atoms with Gasteiger partial charge >= 0.3 is 6.09 Å². The zero-order valence-electron chi connectivity index (χ0n) is 14.9. The molecule has 1 aromatic carbocycles. The summed E-state index contributed by atoms with van der Waals surface area (Å²) in [5, 5.41) is 2.98. The summed E-state index contributed by atoms with van der Waals surface area (Å²) in [6.45, 7) is 7.30.